The van der Waals surface area contributed by atoms with Gasteiger partial charge >= 0.3 is 0 Å². The fourth-order valence-electron chi connectivity index (χ4n) is 2.06. The van der Waals surface area contributed by atoms with Crippen molar-refractivity contribution < 1.29 is 4.52 Å². The molecular weight excluding hydrogens is 375 g/mol. The van der Waals surface area contributed by atoms with Crippen LogP contribution in [0.1, 0.15) is 0 Å². The second-order valence-corrected chi connectivity index (χ2v) is 6.13. The maximum atomic E-state index is 5.97. The number of hydrogen-bond acceptors (Lipinski definition) is 3. The van der Waals surface area contributed by atoms with Gasteiger partial charge in [0.15, 0.2) is 0 Å². The van der Waals surface area contributed by atoms with Crippen LogP contribution in [0.15, 0.2) is 51.5 Å². The number of hydrogen-bond donors (Lipinski definition) is 1. The Kier molecular flexibility index (Phi) is 3.93. The third-order valence-electron chi connectivity index (χ3n) is 3.04. The van der Waals surface area contributed by atoms with E-state index in [1.54, 1.807) is 24.3 Å². The molecule has 0 aliphatic heterocycles. The lowest BCUT2D eigenvalue weighted by Gasteiger charge is -2.05. The number of benzene rings is 2. The summed E-state index contributed by atoms with van der Waals surface area (Å²) in [7, 11) is 0. The highest BCUT2D eigenvalue weighted by molar-refractivity contribution is 9.10. The van der Waals surface area contributed by atoms with Gasteiger partial charge in [-0.25, -0.2) is 0 Å². The highest BCUT2D eigenvalue weighted by Gasteiger charge is 2.19. The van der Waals surface area contributed by atoms with Crippen molar-refractivity contribution in [1.29, 1.82) is 0 Å². The summed E-state index contributed by atoms with van der Waals surface area (Å²) in [6.45, 7) is 0. The molecule has 21 heavy (non-hydrogen) atoms. The van der Waals surface area contributed by atoms with Gasteiger partial charge in [-0.1, -0.05) is 62.5 Å². The van der Waals surface area contributed by atoms with Gasteiger partial charge in [0, 0.05) is 20.1 Å². The quantitative estimate of drug-likeness (QED) is 0.621. The van der Waals surface area contributed by atoms with E-state index < -0.39 is 0 Å². The van der Waals surface area contributed by atoms with Gasteiger partial charge in [-0.15, -0.1) is 0 Å². The summed E-state index contributed by atoms with van der Waals surface area (Å²) in [6, 6.07) is 12.8. The zero-order valence-electron chi connectivity index (χ0n) is 10.6. The van der Waals surface area contributed by atoms with Gasteiger partial charge in [-0.3, -0.25) is 0 Å². The van der Waals surface area contributed by atoms with E-state index in [1.807, 2.05) is 18.2 Å². The molecule has 0 amide bonds. The molecule has 3 nitrogen and oxygen atoms in total. The summed E-state index contributed by atoms with van der Waals surface area (Å²) in [4.78, 5) is 0. The minimum absolute atomic E-state index is 0.258. The molecule has 2 aromatic carbocycles. The summed E-state index contributed by atoms with van der Waals surface area (Å²) in [6.07, 6.45) is 0. The van der Waals surface area contributed by atoms with Gasteiger partial charge in [-0.2, -0.15) is 0 Å². The van der Waals surface area contributed by atoms with Crippen molar-refractivity contribution in [2.24, 2.45) is 0 Å². The van der Waals surface area contributed by atoms with Crippen LogP contribution in [-0.4, -0.2) is 5.16 Å². The van der Waals surface area contributed by atoms with Crippen molar-refractivity contribution in [1.82, 2.24) is 5.16 Å². The first-order chi connectivity index (χ1) is 10.1. The van der Waals surface area contributed by atoms with Crippen molar-refractivity contribution in [3.63, 3.8) is 0 Å². The Hall–Kier alpha value is -1.49. The van der Waals surface area contributed by atoms with Crippen LogP contribution >= 0.6 is 39.1 Å². The van der Waals surface area contributed by atoms with Crippen molar-refractivity contribution >= 4 is 45.0 Å². The predicted molar refractivity (Wildman–Crippen MR) is 89.5 cm³/mol. The fraction of sp³-hybridized carbons (Fsp3) is 0. The lowest BCUT2D eigenvalue weighted by molar-refractivity contribution is 0.439. The summed E-state index contributed by atoms with van der Waals surface area (Å²) < 4.78 is 5.98. The van der Waals surface area contributed by atoms with E-state index in [0.29, 0.717) is 15.7 Å². The van der Waals surface area contributed by atoms with E-state index in [0.717, 1.165) is 21.2 Å². The molecule has 1 aromatic heterocycles. The molecule has 3 aromatic rings. The molecule has 6 heteroatoms. The number of anilines is 1. The molecule has 0 fully saturated rings. The fourth-order valence-corrected chi connectivity index (χ4v) is 3.06. The Morgan fingerprint density at radius 1 is 1.00 bits per heavy atom. The van der Waals surface area contributed by atoms with Crippen molar-refractivity contribution in [3.8, 4) is 22.4 Å². The number of rotatable bonds is 2. The predicted octanol–water partition coefficient (Wildman–Crippen LogP) is 5.66. The molecule has 0 saturated carbocycles. The van der Waals surface area contributed by atoms with Gasteiger partial charge < -0.3 is 10.3 Å². The largest absolute Gasteiger partial charge is 0.367 e. The first-order valence-corrected chi connectivity index (χ1v) is 7.57. The first-order valence-electron chi connectivity index (χ1n) is 6.03. The van der Waals surface area contributed by atoms with Crippen LogP contribution in [0.5, 0.6) is 0 Å². The molecular formula is C15H9BrCl2N2O. The normalized spacial score (nSPS) is 10.8. The van der Waals surface area contributed by atoms with Crippen LogP contribution in [0.2, 0.25) is 10.0 Å². The van der Waals surface area contributed by atoms with Crippen LogP contribution in [0.25, 0.3) is 22.4 Å². The van der Waals surface area contributed by atoms with Crippen LogP contribution < -0.4 is 5.73 Å². The highest BCUT2D eigenvalue weighted by Crippen LogP contribution is 2.39. The molecule has 0 unspecified atom stereocenters. The number of nitrogens with two attached hydrogens (primary N) is 1. The van der Waals surface area contributed by atoms with Crippen LogP contribution in [0, 0.1) is 0 Å². The second-order valence-electron chi connectivity index (χ2n) is 4.40. The molecule has 0 atom stereocenters. The Balaban J connectivity index is 2.19. The average Bonchev–Trinajstić information content (AvgIpc) is 2.82. The number of aromatic nitrogens is 1. The summed E-state index contributed by atoms with van der Waals surface area (Å²) in [5.41, 5.74) is 9.04. The molecule has 0 radical (unpaired) electrons. The van der Waals surface area contributed by atoms with Gasteiger partial charge in [0.1, 0.15) is 5.69 Å². The van der Waals surface area contributed by atoms with Crippen molar-refractivity contribution in [2.75, 3.05) is 5.73 Å². The summed E-state index contributed by atoms with van der Waals surface area (Å²) >= 11 is 15.4. The van der Waals surface area contributed by atoms with Crippen LogP contribution in [0.4, 0.5) is 5.88 Å². The van der Waals surface area contributed by atoms with Gasteiger partial charge in [0.25, 0.3) is 0 Å². The third kappa shape index (κ3) is 2.79. The maximum absolute atomic E-state index is 5.97. The van der Waals surface area contributed by atoms with Gasteiger partial charge in [0.05, 0.1) is 5.56 Å². The molecule has 0 aliphatic rings. The Labute approximate surface area is 139 Å². The summed E-state index contributed by atoms with van der Waals surface area (Å²) in [5.74, 6) is 0.258. The van der Waals surface area contributed by atoms with E-state index in [4.69, 9.17) is 33.5 Å². The van der Waals surface area contributed by atoms with E-state index >= 15 is 0 Å². The molecule has 3 rings (SSSR count). The minimum atomic E-state index is 0.258. The molecule has 0 saturated heterocycles. The molecule has 0 bridgehead atoms. The zero-order valence-corrected chi connectivity index (χ0v) is 13.7. The van der Waals surface area contributed by atoms with Gasteiger partial charge in [-0.05, 0) is 29.8 Å². The zero-order chi connectivity index (χ0) is 15.0. The lowest BCUT2D eigenvalue weighted by Crippen LogP contribution is -1.88. The first kappa shape index (κ1) is 14.4. The summed E-state index contributed by atoms with van der Waals surface area (Å²) in [5, 5.41) is 5.36. The van der Waals surface area contributed by atoms with Gasteiger partial charge in [0.2, 0.25) is 5.88 Å². The number of nitrogens with zero attached hydrogens (tertiary/aromatic N) is 1. The Morgan fingerprint density at radius 2 is 1.67 bits per heavy atom. The Bertz CT molecular complexity index is 800. The van der Waals surface area contributed by atoms with E-state index in [2.05, 4.69) is 21.1 Å². The van der Waals surface area contributed by atoms with Crippen molar-refractivity contribution in [3.05, 3.63) is 57.0 Å². The smallest absolute Gasteiger partial charge is 0.230 e. The SMILES string of the molecule is Nc1onc(-c2ccc(Cl)cc2Br)c1-c1ccc(Cl)cc1. The monoisotopic (exact) mass is 382 g/mol. The molecule has 0 aliphatic carbocycles. The van der Waals surface area contributed by atoms with E-state index in [9.17, 15) is 0 Å². The maximum Gasteiger partial charge on any atom is 0.230 e. The Morgan fingerprint density at radius 3 is 2.33 bits per heavy atom. The molecule has 1 heterocycles. The number of nitrogen functional groups attached to an aromatic ring is 1. The lowest BCUT2D eigenvalue weighted by atomic mass is 10.0. The number of halogens is 3. The second kappa shape index (κ2) is 5.72. The van der Waals surface area contributed by atoms with Crippen LogP contribution in [0.3, 0.4) is 0 Å². The highest BCUT2D eigenvalue weighted by atomic mass is 79.9. The van der Waals surface area contributed by atoms with E-state index in [1.165, 1.54) is 0 Å². The molecule has 106 valence electrons. The standard InChI is InChI=1S/C15H9BrCl2N2O/c16-12-7-10(18)5-6-11(12)14-13(15(19)21-20-14)8-1-3-9(17)4-2-8/h1-7H,19H2. The van der Waals surface area contributed by atoms with Crippen molar-refractivity contribution in [2.45, 2.75) is 0 Å². The van der Waals surface area contributed by atoms with Crippen LogP contribution in [-0.2, 0) is 0 Å². The molecule has 0 spiro atoms. The third-order valence-corrected chi connectivity index (χ3v) is 4.18. The average molecular weight is 384 g/mol. The topological polar surface area (TPSA) is 52.0 Å². The van der Waals surface area contributed by atoms with E-state index in [-0.39, 0.29) is 5.88 Å². The minimum Gasteiger partial charge on any atom is -0.367 e. The molecule has 2 N–H and O–H groups in total.